The summed E-state index contributed by atoms with van der Waals surface area (Å²) in [6.45, 7) is 3.91. The Morgan fingerprint density at radius 2 is 2.06 bits per heavy atom. The van der Waals surface area contributed by atoms with Gasteiger partial charge in [0.05, 0.1) is 12.6 Å². The van der Waals surface area contributed by atoms with Crippen LogP contribution in [0.15, 0.2) is 0 Å². The largest absolute Gasteiger partial charge is 0.381 e. The van der Waals surface area contributed by atoms with Crippen molar-refractivity contribution in [2.75, 3.05) is 39.8 Å². The Morgan fingerprint density at radius 1 is 1.33 bits per heavy atom. The lowest BCUT2D eigenvalue weighted by Gasteiger charge is -2.38. The van der Waals surface area contributed by atoms with Crippen molar-refractivity contribution in [3.05, 3.63) is 0 Å². The van der Waals surface area contributed by atoms with Gasteiger partial charge in [0.15, 0.2) is 0 Å². The van der Waals surface area contributed by atoms with E-state index >= 15 is 0 Å². The third kappa shape index (κ3) is 3.22. The molecule has 2 aliphatic rings. The standard InChI is InChI=1S/C13H25N3O2/c1-18-12-4-7-16(11(8-12)9-14)10-13(17)15-5-2-3-6-15/h11-12H,2-10,14H2,1H3. The number of hydrogen-bond donors (Lipinski definition) is 1. The number of ether oxygens (including phenoxy) is 1. The number of nitrogens with zero attached hydrogens (tertiary/aromatic N) is 2. The molecule has 0 saturated carbocycles. The molecule has 5 nitrogen and oxygen atoms in total. The predicted molar refractivity (Wildman–Crippen MR) is 70.3 cm³/mol. The summed E-state index contributed by atoms with van der Waals surface area (Å²) in [5.41, 5.74) is 5.82. The molecule has 2 fully saturated rings. The number of nitrogens with two attached hydrogens (primary N) is 1. The van der Waals surface area contributed by atoms with Crippen molar-refractivity contribution in [2.24, 2.45) is 5.73 Å². The fourth-order valence-electron chi connectivity index (χ4n) is 2.97. The zero-order valence-corrected chi connectivity index (χ0v) is 11.3. The average Bonchev–Trinajstić information content (AvgIpc) is 2.93. The van der Waals surface area contributed by atoms with E-state index in [1.165, 1.54) is 0 Å². The summed E-state index contributed by atoms with van der Waals surface area (Å²) in [6.07, 6.45) is 4.55. The first-order chi connectivity index (χ1) is 8.74. The van der Waals surface area contributed by atoms with Crippen LogP contribution in [0.2, 0.25) is 0 Å². The van der Waals surface area contributed by atoms with E-state index in [4.69, 9.17) is 10.5 Å². The molecular weight excluding hydrogens is 230 g/mol. The second-order valence-corrected chi connectivity index (χ2v) is 5.33. The van der Waals surface area contributed by atoms with E-state index in [9.17, 15) is 4.79 Å². The van der Waals surface area contributed by atoms with Crippen LogP contribution in [-0.2, 0) is 9.53 Å². The highest BCUT2D eigenvalue weighted by atomic mass is 16.5. The Labute approximate surface area is 109 Å². The summed E-state index contributed by atoms with van der Waals surface area (Å²) < 4.78 is 5.40. The van der Waals surface area contributed by atoms with Crippen LogP contribution in [0.3, 0.4) is 0 Å². The first kappa shape index (κ1) is 13.8. The second kappa shape index (κ2) is 6.50. The summed E-state index contributed by atoms with van der Waals surface area (Å²) in [6, 6.07) is 0.287. The van der Waals surface area contributed by atoms with Crippen LogP contribution in [0.25, 0.3) is 0 Å². The summed E-state index contributed by atoms with van der Waals surface area (Å²) in [4.78, 5) is 16.4. The maximum Gasteiger partial charge on any atom is 0.236 e. The number of piperidine rings is 1. The van der Waals surface area contributed by atoms with E-state index in [-0.39, 0.29) is 11.9 Å². The van der Waals surface area contributed by atoms with Crippen molar-refractivity contribution in [3.63, 3.8) is 0 Å². The van der Waals surface area contributed by atoms with Crippen LogP contribution in [0.1, 0.15) is 25.7 Å². The van der Waals surface area contributed by atoms with Gasteiger partial charge in [-0.25, -0.2) is 0 Å². The molecule has 0 bridgehead atoms. The summed E-state index contributed by atoms with van der Waals surface area (Å²) in [7, 11) is 1.75. The second-order valence-electron chi connectivity index (χ2n) is 5.33. The normalized spacial score (nSPS) is 29.8. The van der Waals surface area contributed by atoms with Gasteiger partial charge in [0.1, 0.15) is 0 Å². The summed E-state index contributed by atoms with van der Waals surface area (Å²) in [5.74, 6) is 0.266. The molecule has 0 aromatic rings. The summed E-state index contributed by atoms with van der Waals surface area (Å²) >= 11 is 0. The molecule has 5 heteroatoms. The van der Waals surface area contributed by atoms with Crippen molar-refractivity contribution < 1.29 is 9.53 Å². The lowest BCUT2D eigenvalue weighted by molar-refractivity contribution is -0.132. The first-order valence-electron chi connectivity index (χ1n) is 6.99. The molecule has 0 aromatic heterocycles. The van der Waals surface area contributed by atoms with Gasteiger partial charge in [-0.05, 0) is 25.7 Å². The maximum atomic E-state index is 12.1. The van der Waals surface area contributed by atoms with Crippen LogP contribution in [0, 0.1) is 0 Å². The Balaban J connectivity index is 1.85. The third-order valence-corrected chi connectivity index (χ3v) is 4.19. The van der Waals surface area contributed by atoms with E-state index in [1.54, 1.807) is 7.11 Å². The van der Waals surface area contributed by atoms with E-state index < -0.39 is 0 Å². The Bertz CT molecular complexity index is 279. The Morgan fingerprint density at radius 3 is 2.67 bits per heavy atom. The molecule has 2 rings (SSSR count). The van der Waals surface area contributed by atoms with E-state index in [2.05, 4.69) is 4.90 Å². The maximum absolute atomic E-state index is 12.1. The van der Waals surface area contributed by atoms with Crippen LogP contribution in [0.5, 0.6) is 0 Å². The molecule has 0 radical (unpaired) electrons. The van der Waals surface area contributed by atoms with Crippen molar-refractivity contribution in [1.82, 2.24) is 9.80 Å². The van der Waals surface area contributed by atoms with Gasteiger partial charge in [0, 0.05) is 39.3 Å². The van der Waals surface area contributed by atoms with Gasteiger partial charge in [-0.2, -0.15) is 0 Å². The minimum Gasteiger partial charge on any atom is -0.381 e. The van der Waals surface area contributed by atoms with E-state index in [0.29, 0.717) is 19.2 Å². The molecule has 104 valence electrons. The van der Waals surface area contributed by atoms with E-state index in [0.717, 1.165) is 45.3 Å². The molecule has 0 aliphatic carbocycles. The highest BCUT2D eigenvalue weighted by Gasteiger charge is 2.30. The van der Waals surface area contributed by atoms with Crippen molar-refractivity contribution in [1.29, 1.82) is 0 Å². The number of carbonyl (C=O) groups is 1. The molecule has 2 unspecified atom stereocenters. The van der Waals surface area contributed by atoms with Crippen molar-refractivity contribution in [3.8, 4) is 0 Å². The van der Waals surface area contributed by atoms with E-state index in [1.807, 2.05) is 4.90 Å². The van der Waals surface area contributed by atoms with Crippen molar-refractivity contribution >= 4 is 5.91 Å². The minimum atomic E-state index is 0.266. The highest BCUT2D eigenvalue weighted by Crippen LogP contribution is 2.19. The van der Waals surface area contributed by atoms with Gasteiger partial charge in [-0.1, -0.05) is 0 Å². The average molecular weight is 255 g/mol. The molecule has 18 heavy (non-hydrogen) atoms. The predicted octanol–water partition coefficient (Wildman–Crippen LogP) is 0.0469. The topological polar surface area (TPSA) is 58.8 Å². The van der Waals surface area contributed by atoms with Gasteiger partial charge in [-0.3, -0.25) is 9.69 Å². The van der Waals surface area contributed by atoms with Gasteiger partial charge >= 0.3 is 0 Å². The fraction of sp³-hybridized carbons (Fsp3) is 0.923. The zero-order chi connectivity index (χ0) is 13.0. The number of rotatable bonds is 4. The molecule has 1 amide bonds. The lowest BCUT2D eigenvalue weighted by Crippen LogP contribution is -2.52. The van der Waals surface area contributed by atoms with Gasteiger partial charge in [-0.15, -0.1) is 0 Å². The molecule has 0 spiro atoms. The monoisotopic (exact) mass is 255 g/mol. The Kier molecular flexibility index (Phi) is 4.97. The minimum absolute atomic E-state index is 0.266. The smallest absolute Gasteiger partial charge is 0.236 e. The SMILES string of the molecule is COC1CCN(CC(=O)N2CCCC2)C(CN)C1. The first-order valence-corrected chi connectivity index (χ1v) is 6.99. The fourth-order valence-corrected chi connectivity index (χ4v) is 2.97. The molecule has 2 heterocycles. The third-order valence-electron chi connectivity index (χ3n) is 4.19. The molecule has 2 atom stereocenters. The van der Waals surface area contributed by atoms with Gasteiger partial charge in [0.25, 0.3) is 0 Å². The van der Waals surface area contributed by atoms with Gasteiger partial charge < -0.3 is 15.4 Å². The van der Waals surface area contributed by atoms with Crippen LogP contribution in [-0.4, -0.2) is 67.7 Å². The quantitative estimate of drug-likeness (QED) is 0.771. The van der Waals surface area contributed by atoms with Gasteiger partial charge in [0.2, 0.25) is 5.91 Å². The highest BCUT2D eigenvalue weighted by molar-refractivity contribution is 5.78. The number of methoxy groups -OCH3 is 1. The van der Waals surface area contributed by atoms with Crippen LogP contribution in [0.4, 0.5) is 0 Å². The molecule has 2 N–H and O–H groups in total. The number of carbonyl (C=O) groups excluding carboxylic acids is 1. The molecule has 0 aromatic carbocycles. The summed E-state index contributed by atoms with van der Waals surface area (Å²) in [5, 5.41) is 0. The lowest BCUT2D eigenvalue weighted by atomic mass is 9.99. The van der Waals surface area contributed by atoms with Crippen LogP contribution < -0.4 is 5.73 Å². The molecular formula is C13H25N3O2. The van der Waals surface area contributed by atoms with Crippen LogP contribution >= 0.6 is 0 Å². The molecule has 2 aliphatic heterocycles. The molecule has 2 saturated heterocycles. The number of hydrogen-bond acceptors (Lipinski definition) is 4. The zero-order valence-electron chi connectivity index (χ0n) is 11.3. The van der Waals surface area contributed by atoms with Crippen molar-refractivity contribution in [2.45, 2.75) is 37.8 Å². The number of likely N-dealkylation sites (tertiary alicyclic amines) is 2. The Hall–Kier alpha value is -0.650. The number of amides is 1.